The SMILES string of the molecule is CCOC(=O)OC(C)n1nc(C)oc1=NC(=O)c1ccc(C(F)(F)F)c(S(C)(=O)=O)c1C. The van der Waals surface area contributed by atoms with Crippen LogP contribution in [0.5, 0.6) is 0 Å². The lowest BCUT2D eigenvalue weighted by Crippen LogP contribution is -2.27. The lowest BCUT2D eigenvalue weighted by Gasteiger charge is -2.15. The van der Waals surface area contributed by atoms with Crippen LogP contribution in [0.2, 0.25) is 0 Å². The summed E-state index contributed by atoms with van der Waals surface area (Å²) >= 11 is 0. The number of amides is 1. The molecule has 0 aliphatic carbocycles. The Morgan fingerprint density at radius 2 is 1.91 bits per heavy atom. The predicted octanol–water partition coefficient (Wildman–Crippen LogP) is 2.95. The Morgan fingerprint density at radius 3 is 2.44 bits per heavy atom. The van der Waals surface area contributed by atoms with Gasteiger partial charge in [-0.15, -0.1) is 5.10 Å². The third-order valence-electron chi connectivity index (χ3n) is 4.07. The highest BCUT2D eigenvalue weighted by Gasteiger charge is 2.38. The molecular formula is C18H20F3N3O7S. The Bertz CT molecular complexity index is 1210. The Labute approximate surface area is 180 Å². The number of hydrogen-bond donors (Lipinski definition) is 0. The molecule has 0 N–H and O–H groups in total. The highest BCUT2D eigenvalue weighted by atomic mass is 32.2. The van der Waals surface area contributed by atoms with Crippen molar-refractivity contribution in [2.75, 3.05) is 12.9 Å². The number of alkyl halides is 3. The summed E-state index contributed by atoms with van der Waals surface area (Å²) in [6.07, 6.45) is -6.47. The molecular weight excluding hydrogens is 459 g/mol. The Hall–Kier alpha value is -3.16. The minimum absolute atomic E-state index is 0.0387. The second-order valence-electron chi connectivity index (χ2n) is 6.55. The van der Waals surface area contributed by atoms with Crippen LogP contribution in [-0.2, 0) is 25.5 Å². The zero-order valence-electron chi connectivity index (χ0n) is 17.7. The molecule has 2 aromatic rings. The number of aromatic nitrogens is 2. The molecule has 0 aliphatic rings. The number of aryl methyl sites for hydroxylation is 1. The number of carbonyl (C=O) groups is 2. The van der Waals surface area contributed by atoms with Crippen LogP contribution in [0.1, 0.15) is 47.5 Å². The summed E-state index contributed by atoms with van der Waals surface area (Å²) in [5, 5.41) is 3.92. The van der Waals surface area contributed by atoms with Crippen molar-refractivity contribution in [2.45, 2.75) is 45.0 Å². The van der Waals surface area contributed by atoms with Crippen LogP contribution in [0.25, 0.3) is 0 Å². The van der Waals surface area contributed by atoms with Crippen LogP contribution in [0, 0.1) is 13.8 Å². The lowest BCUT2D eigenvalue weighted by molar-refractivity contribution is -0.140. The van der Waals surface area contributed by atoms with E-state index in [4.69, 9.17) is 9.15 Å². The molecule has 2 rings (SSSR count). The number of hydrogen-bond acceptors (Lipinski definition) is 8. The molecule has 32 heavy (non-hydrogen) atoms. The monoisotopic (exact) mass is 479 g/mol. The molecule has 1 atom stereocenters. The maximum atomic E-state index is 13.3. The molecule has 1 aromatic carbocycles. The first-order valence-corrected chi connectivity index (χ1v) is 11.0. The van der Waals surface area contributed by atoms with Crippen LogP contribution in [-0.4, -0.2) is 43.1 Å². The lowest BCUT2D eigenvalue weighted by atomic mass is 10.0. The van der Waals surface area contributed by atoms with Gasteiger partial charge in [-0.1, -0.05) is 0 Å². The number of ether oxygens (including phenoxy) is 2. The van der Waals surface area contributed by atoms with Crippen LogP contribution in [0.4, 0.5) is 18.0 Å². The summed E-state index contributed by atoms with van der Waals surface area (Å²) in [5.74, 6) is -1.05. The van der Waals surface area contributed by atoms with Gasteiger partial charge in [-0.25, -0.2) is 13.2 Å². The summed E-state index contributed by atoms with van der Waals surface area (Å²) in [4.78, 5) is 26.9. The van der Waals surface area contributed by atoms with Crippen molar-refractivity contribution in [2.24, 2.45) is 4.99 Å². The Morgan fingerprint density at radius 1 is 1.28 bits per heavy atom. The number of halogens is 3. The van der Waals surface area contributed by atoms with E-state index < -0.39 is 61.6 Å². The van der Waals surface area contributed by atoms with Gasteiger partial charge in [0.2, 0.25) is 12.1 Å². The molecule has 0 aliphatic heterocycles. The van der Waals surface area contributed by atoms with E-state index in [1.165, 1.54) is 13.8 Å². The van der Waals surface area contributed by atoms with Crippen molar-refractivity contribution in [1.29, 1.82) is 0 Å². The molecule has 10 nitrogen and oxygen atoms in total. The van der Waals surface area contributed by atoms with E-state index in [0.717, 1.165) is 17.7 Å². The number of sulfone groups is 1. The number of benzene rings is 1. The Balaban J connectivity index is 2.58. The van der Waals surface area contributed by atoms with Gasteiger partial charge in [0.05, 0.1) is 17.1 Å². The summed E-state index contributed by atoms with van der Waals surface area (Å²) in [6.45, 7) is 5.49. The maximum absolute atomic E-state index is 13.3. The molecule has 1 amide bonds. The molecule has 0 fully saturated rings. The fraction of sp³-hybridized carbons (Fsp3) is 0.444. The van der Waals surface area contributed by atoms with Crippen LogP contribution < -0.4 is 5.68 Å². The molecule has 1 aromatic heterocycles. The van der Waals surface area contributed by atoms with Gasteiger partial charge >= 0.3 is 18.0 Å². The van der Waals surface area contributed by atoms with Gasteiger partial charge < -0.3 is 13.9 Å². The summed E-state index contributed by atoms with van der Waals surface area (Å²) in [5.41, 5.74) is -2.63. The van der Waals surface area contributed by atoms with Gasteiger partial charge in [0, 0.05) is 18.7 Å². The van der Waals surface area contributed by atoms with E-state index >= 15 is 0 Å². The normalized spacial score (nSPS) is 13.7. The Kier molecular flexibility index (Phi) is 7.17. The molecule has 14 heteroatoms. The van der Waals surface area contributed by atoms with Crippen molar-refractivity contribution in [3.05, 3.63) is 40.4 Å². The second-order valence-corrected chi connectivity index (χ2v) is 8.50. The fourth-order valence-corrected chi connectivity index (χ4v) is 4.07. The minimum Gasteiger partial charge on any atom is -0.435 e. The van der Waals surface area contributed by atoms with Crippen LogP contribution in [0.15, 0.2) is 26.4 Å². The molecule has 0 radical (unpaired) electrons. The largest absolute Gasteiger partial charge is 0.510 e. The van der Waals surface area contributed by atoms with Crippen LogP contribution >= 0.6 is 0 Å². The van der Waals surface area contributed by atoms with Gasteiger partial charge in [-0.2, -0.15) is 22.8 Å². The second kappa shape index (κ2) is 9.14. The summed E-state index contributed by atoms with van der Waals surface area (Å²) < 4.78 is 79.7. The molecule has 0 bridgehead atoms. The van der Waals surface area contributed by atoms with Crippen LogP contribution in [0.3, 0.4) is 0 Å². The third kappa shape index (κ3) is 5.55. The minimum atomic E-state index is -4.95. The molecule has 0 saturated heterocycles. The van der Waals surface area contributed by atoms with Crippen molar-refractivity contribution in [3.8, 4) is 0 Å². The van der Waals surface area contributed by atoms with Gasteiger partial charge in [0.15, 0.2) is 9.84 Å². The van der Waals surface area contributed by atoms with Crippen molar-refractivity contribution >= 4 is 21.9 Å². The van der Waals surface area contributed by atoms with E-state index in [1.54, 1.807) is 6.92 Å². The third-order valence-corrected chi connectivity index (χ3v) is 5.33. The summed E-state index contributed by atoms with van der Waals surface area (Å²) in [7, 11) is -4.34. The van der Waals surface area contributed by atoms with E-state index in [9.17, 15) is 31.2 Å². The first kappa shape index (κ1) is 25.1. The number of nitrogens with zero attached hydrogens (tertiary/aromatic N) is 3. The summed E-state index contributed by atoms with van der Waals surface area (Å²) in [6, 6.07) is 1.32. The zero-order chi connectivity index (χ0) is 24.4. The van der Waals surface area contributed by atoms with Crippen molar-refractivity contribution in [1.82, 2.24) is 9.78 Å². The van der Waals surface area contributed by atoms with E-state index in [1.807, 2.05) is 0 Å². The van der Waals surface area contributed by atoms with Crippen molar-refractivity contribution in [3.63, 3.8) is 0 Å². The highest BCUT2D eigenvalue weighted by Crippen LogP contribution is 2.37. The number of carbonyl (C=O) groups excluding carboxylic acids is 2. The van der Waals surface area contributed by atoms with E-state index in [-0.39, 0.29) is 12.5 Å². The van der Waals surface area contributed by atoms with Gasteiger partial charge in [0.25, 0.3) is 5.91 Å². The fourth-order valence-electron chi connectivity index (χ4n) is 2.82. The standard InChI is InChI=1S/C18H20F3N3O7S/c1-6-29-17(26)31-11(4)24-16(30-10(3)23-24)22-15(25)12-7-8-13(18(19,20)21)14(9(12)2)32(5,27)28/h7-8,11H,6H2,1-5H3. The topological polar surface area (TPSA) is 130 Å². The van der Waals surface area contributed by atoms with E-state index in [2.05, 4.69) is 14.8 Å². The maximum Gasteiger partial charge on any atom is 0.510 e. The average molecular weight is 479 g/mol. The van der Waals surface area contributed by atoms with Gasteiger partial charge in [-0.3, -0.25) is 4.79 Å². The van der Waals surface area contributed by atoms with Crippen molar-refractivity contribution < 1.29 is 45.1 Å². The van der Waals surface area contributed by atoms with Gasteiger partial charge in [-0.05, 0) is 38.5 Å². The highest BCUT2D eigenvalue weighted by molar-refractivity contribution is 7.90. The molecule has 0 spiro atoms. The molecule has 0 saturated carbocycles. The van der Waals surface area contributed by atoms with E-state index in [0.29, 0.717) is 12.3 Å². The smallest absolute Gasteiger partial charge is 0.435 e. The zero-order valence-corrected chi connectivity index (χ0v) is 18.5. The molecule has 176 valence electrons. The first-order valence-electron chi connectivity index (χ1n) is 9.06. The first-order chi connectivity index (χ1) is 14.7. The molecule has 1 unspecified atom stereocenters. The molecule has 1 heterocycles. The average Bonchev–Trinajstić information content (AvgIpc) is 2.99. The quantitative estimate of drug-likeness (QED) is 0.599. The number of rotatable bonds is 5. The van der Waals surface area contributed by atoms with Gasteiger partial charge in [0.1, 0.15) is 0 Å². The predicted molar refractivity (Wildman–Crippen MR) is 101 cm³/mol.